The zero-order valence-electron chi connectivity index (χ0n) is 18.6. The standard InChI is InChI=1S/C23H28F3N5O2/c1-27-15-19-20(22(32)31-12-8-17(9-13-31)30-10-3-4-11-30)29(2)21(28-19)16-6-5-7-18(14-16)33-23(24,25)26/h5-7,14,17H,1,3-4,8-13,15H2,2H3. The summed E-state index contributed by atoms with van der Waals surface area (Å²) in [6.45, 7) is 7.25. The average Bonchev–Trinajstić information content (AvgIpc) is 3.41. The van der Waals surface area contributed by atoms with E-state index in [1.807, 2.05) is 4.90 Å². The Labute approximate surface area is 190 Å². The summed E-state index contributed by atoms with van der Waals surface area (Å²) in [5.74, 6) is -0.114. The predicted molar refractivity (Wildman–Crippen MR) is 118 cm³/mol. The third kappa shape index (κ3) is 5.21. The van der Waals surface area contributed by atoms with Crippen molar-refractivity contribution in [3.05, 3.63) is 35.7 Å². The lowest BCUT2D eigenvalue weighted by Gasteiger charge is -2.36. The van der Waals surface area contributed by atoms with Crippen molar-refractivity contribution in [2.45, 2.75) is 44.6 Å². The summed E-state index contributed by atoms with van der Waals surface area (Å²) in [6, 6.07) is 6.09. The number of alkyl halides is 3. The fraction of sp³-hybridized carbons (Fsp3) is 0.522. The molecule has 1 aromatic heterocycles. The first-order valence-corrected chi connectivity index (χ1v) is 11.1. The third-order valence-corrected chi connectivity index (χ3v) is 6.37. The lowest BCUT2D eigenvalue weighted by molar-refractivity contribution is -0.274. The van der Waals surface area contributed by atoms with E-state index in [0.29, 0.717) is 41.9 Å². The zero-order valence-corrected chi connectivity index (χ0v) is 18.6. The fourth-order valence-corrected chi connectivity index (χ4v) is 4.82. The molecule has 178 valence electrons. The Kier molecular flexibility index (Phi) is 6.73. The van der Waals surface area contributed by atoms with Crippen molar-refractivity contribution in [3.8, 4) is 17.1 Å². The number of likely N-dealkylation sites (tertiary alicyclic amines) is 2. The van der Waals surface area contributed by atoms with E-state index in [0.717, 1.165) is 25.9 Å². The van der Waals surface area contributed by atoms with Gasteiger partial charge in [0.25, 0.3) is 5.91 Å². The number of rotatable bonds is 6. The van der Waals surface area contributed by atoms with E-state index in [1.165, 1.54) is 31.0 Å². The third-order valence-electron chi connectivity index (χ3n) is 6.37. The van der Waals surface area contributed by atoms with Gasteiger partial charge in [0.1, 0.15) is 17.3 Å². The second-order valence-electron chi connectivity index (χ2n) is 8.51. The minimum absolute atomic E-state index is 0.137. The van der Waals surface area contributed by atoms with Crippen LogP contribution in [-0.2, 0) is 13.6 Å². The first-order chi connectivity index (χ1) is 15.8. The summed E-state index contributed by atoms with van der Waals surface area (Å²) in [4.78, 5) is 26.3. The molecule has 0 bridgehead atoms. The Morgan fingerprint density at radius 3 is 2.55 bits per heavy atom. The Hall–Kier alpha value is -2.88. The maximum atomic E-state index is 13.5. The van der Waals surface area contributed by atoms with Gasteiger partial charge in [-0.1, -0.05) is 12.1 Å². The molecule has 3 heterocycles. The van der Waals surface area contributed by atoms with Gasteiger partial charge in [0, 0.05) is 31.7 Å². The van der Waals surface area contributed by atoms with Gasteiger partial charge in [-0.05, 0) is 57.6 Å². The highest BCUT2D eigenvalue weighted by molar-refractivity contribution is 5.94. The van der Waals surface area contributed by atoms with Crippen molar-refractivity contribution in [1.29, 1.82) is 0 Å². The van der Waals surface area contributed by atoms with Gasteiger partial charge in [-0.3, -0.25) is 9.79 Å². The highest BCUT2D eigenvalue weighted by Crippen LogP contribution is 2.30. The van der Waals surface area contributed by atoms with Crippen LogP contribution in [0.15, 0.2) is 29.3 Å². The van der Waals surface area contributed by atoms with Gasteiger partial charge < -0.3 is 19.1 Å². The predicted octanol–water partition coefficient (Wildman–Crippen LogP) is 3.89. The topological polar surface area (TPSA) is 63.0 Å². The molecule has 2 aliphatic heterocycles. The van der Waals surface area contributed by atoms with Crippen LogP contribution < -0.4 is 4.74 Å². The van der Waals surface area contributed by atoms with Crippen molar-refractivity contribution in [2.75, 3.05) is 26.2 Å². The molecule has 33 heavy (non-hydrogen) atoms. The van der Waals surface area contributed by atoms with E-state index in [4.69, 9.17) is 0 Å². The SMILES string of the molecule is C=NCc1nc(-c2cccc(OC(F)(F)F)c2)n(C)c1C(=O)N1CCC(N2CCCC2)CC1. The Morgan fingerprint density at radius 1 is 1.21 bits per heavy atom. The van der Waals surface area contributed by atoms with Crippen LogP contribution in [0.2, 0.25) is 0 Å². The smallest absolute Gasteiger partial charge is 0.406 e. The van der Waals surface area contributed by atoms with E-state index >= 15 is 0 Å². The Balaban J connectivity index is 1.57. The summed E-state index contributed by atoms with van der Waals surface area (Å²) in [6.07, 6.45) is -0.445. The number of aromatic nitrogens is 2. The van der Waals surface area contributed by atoms with Gasteiger partial charge in [0.05, 0.1) is 12.2 Å². The van der Waals surface area contributed by atoms with Crippen LogP contribution >= 0.6 is 0 Å². The lowest BCUT2D eigenvalue weighted by Crippen LogP contribution is -2.46. The first kappa shape index (κ1) is 23.3. The molecule has 2 aliphatic rings. The molecule has 7 nitrogen and oxygen atoms in total. The number of imidazole rings is 1. The molecule has 2 fully saturated rings. The molecule has 0 radical (unpaired) electrons. The van der Waals surface area contributed by atoms with Crippen LogP contribution in [0.25, 0.3) is 11.4 Å². The Morgan fingerprint density at radius 2 is 1.91 bits per heavy atom. The molecule has 0 atom stereocenters. The van der Waals surface area contributed by atoms with Crippen molar-refractivity contribution < 1.29 is 22.7 Å². The van der Waals surface area contributed by atoms with Crippen molar-refractivity contribution in [3.63, 3.8) is 0 Å². The fourth-order valence-electron chi connectivity index (χ4n) is 4.82. The number of benzene rings is 1. The molecule has 0 N–H and O–H groups in total. The summed E-state index contributed by atoms with van der Waals surface area (Å²) >= 11 is 0. The molecule has 0 aliphatic carbocycles. The van der Waals surface area contributed by atoms with Gasteiger partial charge in [-0.2, -0.15) is 0 Å². The summed E-state index contributed by atoms with van der Waals surface area (Å²) in [7, 11) is 1.69. The van der Waals surface area contributed by atoms with Crippen LogP contribution in [0.4, 0.5) is 13.2 Å². The van der Waals surface area contributed by atoms with Crippen LogP contribution in [0.1, 0.15) is 41.9 Å². The largest absolute Gasteiger partial charge is 0.573 e. The highest BCUT2D eigenvalue weighted by Gasteiger charge is 2.33. The molecule has 10 heteroatoms. The Bertz CT molecular complexity index is 1010. The van der Waals surface area contributed by atoms with Crippen molar-refractivity contribution >= 4 is 12.6 Å². The second-order valence-corrected chi connectivity index (χ2v) is 8.51. The van der Waals surface area contributed by atoms with E-state index in [9.17, 15) is 18.0 Å². The highest BCUT2D eigenvalue weighted by atomic mass is 19.4. The number of carbonyl (C=O) groups excluding carboxylic acids is 1. The summed E-state index contributed by atoms with van der Waals surface area (Å²) in [5.41, 5.74) is 1.26. The van der Waals surface area contributed by atoms with Crippen LogP contribution in [0.5, 0.6) is 5.75 Å². The quantitative estimate of drug-likeness (QED) is 0.610. The van der Waals surface area contributed by atoms with Gasteiger partial charge >= 0.3 is 6.36 Å². The van der Waals surface area contributed by atoms with Crippen molar-refractivity contribution in [1.82, 2.24) is 19.4 Å². The van der Waals surface area contributed by atoms with Crippen molar-refractivity contribution in [2.24, 2.45) is 12.0 Å². The maximum Gasteiger partial charge on any atom is 0.573 e. The second kappa shape index (κ2) is 9.54. The molecule has 2 saturated heterocycles. The molecule has 1 amide bonds. The number of hydrogen-bond donors (Lipinski definition) is 0. The monoisotopic (exact) mass is 463 g/mol. The zero-order chi connectivity index (χ0) is 23.6. The summed E-state index contributed by atoms with van der Waals surface area (Å²) < 4.78 is 43.6. The number of amides is 1. The normalized spacial score (nSPS) is 18.0. The van der Waals surface area contributed by atoms with Gasteiger partial charge in [0.2, 0.25) is 0 Å². The number of halogens is 3. The molecule has 0 unspecified atom stereocenters. The number of piperidine rings is 1. The van der Waals surface area contributed by atoms with Crippen LogP contribution in [0.3, 0.4) is 0 Å². The summed E-state index contributed by atoms with van der Waals surface area (Å²) in [5, 5.41) is 0. The van der Waals surface area contributed by atoms with Gasteiger partial charge in [-0.25, -0.2) is 4.98 Å². The number of nitrogens with zero attached hydrogens (tertiary/aromatic N) is 5. The minimum Gasteiger partial charge on any atom is -0.406 e. The van der Waals surface area contributed by atoms with Gasteiger partial charge in [0.15, 0.2) is 0 Å². The van der Waals surface area contributed by atoms with E-state index < -0.39 is 6.36 Å². The number of carbonyl (C=O) groups is 1. The minimum atomic E-state index is -4.79. The lowest BCUT2D eigenvalue weighted by atomic mass is 10.0. The molecule has 4 rings (SSSR count). The molecular formula is C23H28F3N5O2. The number of hydrogen-bond acceptors (Lipinski definition) is 5. The molecular weight excluding hydrogens is 435 g/mol. The number of ether oxygens (including phenoxy) is 1. The molecule has 0 spiro atoms. The van der Waals surface area contributed by atoms with E-state index in [1.54, 1.807) is 17.7 Å². The molecule has 0 saturated carbocycles. The average molecular weight is 464 g/mol. The van der Waals surface area contributed by atoms with E-state index in [2.05, 4.69) is 26.3 Å². The van der Waals surface area contributed by atoms with E-state index in [-0.39, 0.29) is 18.2 Å². The molecule has 2 aromatic rings. The van der Waals surface area contributed by atoms with Gasteiger partial charge in [-0.15, -0.1) is 13.2 Å². The molecule has 1 aromatic carbocycles. The van der Waals surface area contributed by atoms with Crippen LogP contribution in [0, 0.1) is 0 Å². The maximum absolute atomic E-state index is 13.5. The van der Waals surface area contributed by atoms with Crippen LogP contribution in [-0.4, -0.2) is 70.6 Å². The number of aliphatic imine (C=N–C) groups is 1. The first-order valence-electron chi connectivity index (χ1n) is 11.1.